The molecule has 1 amide bonds. The largest absolute Gasteiger partial charge is 0.369 e. The molecule has 0 spiro atoms. The summed E-state index contributed by atoms with van der Waals surface area (Å²) in [6.45, 7) is 4.52. The van der Waals surface area contributed by atoms with E-state index < -0.39 is 5.91 Å². The summed E-state index contributed by atoms with van der Waals surface area (Å²) in [4.78, 5) is 23.7. The molecular weight excluding hydrogens is 248 g/mol. The number of amides is 1. The maximum absolute atomic E-state index is 11.8. The van der Waals surface area contributed by atoms with Crippen molar-refractivity contribution in [3.05, 3.63) is 23.9 Å². The second kappa shape index (κ2) is 5.89. The highest BCUT2D eigenvalue weighted by atomic mass is 16.5. The molecule has 0 aromatic carbocycles. The number of nitrogens with one attached hydrogen (secondary N) is 2. The molecule has 0 aliphatic carbocycles. The van der Waals surface area contributed by atoms with Gasteiger partial charge in [0.2, 0.25) is 0 Å². The topological polar surface area (TPSA) is 106 Å². The lowest BCUT2D eigenvalue weighted by Gasteiger charge is -2.03. The van der Waals surface area contributed by atoms with Gasteiger partial charge in [0.1, 0.15) is 11.5 Å². The number of aryl methyl sites for hydroxylation is 1. The first-order chi connectivity index (χ1) is 9.19. The molecule has 2 N–H and O–H groups in total. The molecule has 0 aliphatic heterocycles. The highest BCUT2D eigenvalue weighted by molar-refractivity contribution is 6.01. The van der Waals surface area contributed by atoms with Gasteiger partial charge in [0, 0.05) is 6.54 Å². The highest BCUT2D eigenvalue weighted by Gasteiger charge is 2.12. The fourth-order valence-electron chi connectivity index (χ4n) is 1.30. The molecule has 0 bridgehead atoms. The Morgan fingerprint density at radius 2 is 2.21 bits per heavy atom. The average molecular weight is 262 g/mol. The quantitative estimate of drug-likeness (QED) is 0.834. The number of anilines is 2. The SMILES string of the molecule is CCCNc1cnc(C(=O)Nc2nc(C)no2)cn1. The Balaban J connectivity index is 1.99. The van der Waals surface area contributed by atoms with E-state index in [9.17, 15) is 4.79 Å². The first kappa shape index (κ1) is 12.9. The smallest absolute Gasteiger partial charge is 0.328 e. The predicted octanol–water partition coefficient (Wildman–Crippen LogP) is 1.24. The number of carbonyl (C=O) groups excluding carboxylic acids is 1. The number of rotatable bonds is 5. The van der Waals surface area contributed by atoms with E-state index in [4.69, 9.17) is 4.52 Å². The van der Waals surface area contributed by atoms with Gasteiger partial charge in [-0.3, -0.25) is 10.1 Å². The first-order valence-electron chi connectivity index (χ1n) is 5.86. The third-order valence-corrected chi connectivity index (χ3v) is 2.19. The number of nitrogens with zero attached hydrogens (tertiary/aromatic N) is 4. The number of hydrogen-bond acceptors (Lipinski definition) is 7. The van der Waals surface area contributed by atoms with Crippen LogP contribution in [0.5, 0.6) is 0 Å². The molecule has 0 saturated heterocycles. The molecule has 8 nitrogen and oxygen atoms in total. The lowest BCUT2D eigenvalue weighted by Crippen LogP contribution is -2.14. The van der Waals surface area contributed by atoms with E-state index in [0.29, 0.717) is 11.6 Å². The van der Waals surface area contributed by atoms with Crippen LogP contribution in [-0.2, 0) is 0 Å². The fourth-order valence-corrected chi connectivity index (χ4v) is 1.30. The zero-order valence-electron chi connectivity index (χ0n) is 10.7. The van der Waals surface area contributed by atoms with Gasteiger partial charge in [0.05, 0.1) is 12.4 Å². The lowest BCUT2D eigenvalue weighted by atomic mass is 10.4. The van der Waals surface area contributed by atoms with Crippen molar-refractivity contribution in [3.8, 4) is 0 Å². The van der Waals surface area contributed by atoms with Crippen molar-refractivity contribution in [2.45, 2.75) is 20.3 Å². The molecule has 8 heteroatoms. The maximum Gasteiger partial charge on any atom is 0.328 e. The van der Waals surface area contributed by atoms with Crippen molar-refractivity contribution in [2.75, 3.05) is 17.2 Å². The number of carbonyl (C=O) groups is 1. The number of hydrogen-bond donors (Lipinski definition) is 2. The van der Waals surface area contributed by atoms with Gasteiger partial charge in [-0.15, -0.1) is 0 Å². The highest BCUT2D eigenvalue weighted by Crippen LogP contribution is 2.06. The van der Waals surface area contributed by atoms with Gasteiger partial charge in [0.25, 0.3) is 5.91 Å². The van der Waals surface area contributed by atoms with E-state index in [1.165, 1.54) is 12.4 Å². The Labute approximate surface area is 109 Å². The van der Waals surface area contributed by atoms with Crippen molar-refractivity contribution in [3.63, 3.8) is 0 Å². The Hall–Kier alpha value is -2.51. The van der Waals surface area contributed by atoms with Crippen LogP contribution in [0.2, 0.25) is 0 Å². The third kappa shape index (κ3) is 3.47. The Kier molecular flexibility index (Phi) is 4.01. The van der Waals surface area contributed by atoms with Crippen LogP contribution in [-0.4, -0.2) is 32.6 Å². The maximum atomic E-state index is 11.8. The summed E-state index contributed by atoms with van der Waals surface area (Å²) < 4.78 is 4.78. The van der Waals surface area contributed by atoms with E-state index in [1.807, 2.05) is 0 Å². The van der Waals surface area contributed by atoms with Crippen LogP contribution in [0.15, 0.2) is 16.9 Å². The van der Waals surface area contributed by atoms with Gasteiger partial charge < -0.3 is 9.84 Å². The Morgan fingerprint density at radius 1 is 1.37 bits per heavy atom. The van der Waals surface area contributed by atoms with Gasteiger partial charge in [-0.05, 0) is 13.3 Å². The summed E-state index contributed by atoms with van der Waals surface area (Å²) in [7, 11) is 0. The molecular formula is C11H14N6O2. The van der Waals surface area contributed by atoms with Crippen LogP contribution in [0.4, 0.5) is 11.8 Å². The van der Waals surface area contributed by atoms with Gasteiger partial charge in [-0.2, -0.15) is 4.98 Å². The zero-order chi connectivity index (χ0) is 13.7. The number of aromatic nitrogens is 4. The van der Waals surface area contributed by atoms with E-state index in [1.54, 1.807) is 6.92 Å². The average Bonchev–Trinajstić information content (AvgIpc) is 2.82. The van der Waals surface area contributed by atoms with Crippen LogP contribution >= 0.6 is 0 Å². The summed E-state index contributed by atoms with van der Waals surface area (Å²) in [5.74, 6) is 0.630. The summed E-state index contributed by atoms with van der Waals surface area (Å²) >= 11 is 0. The Morgan fingerprint density at radius 3 is 2.79 bits per heavy atom. The third-order valence-electron chi connectivity index (χ3n) is 2.19. The summed E-state index contributed by atoms with van der Waals surface area (Å²) in [6.07, 6.45) is 3.88. The molecule has 19 heavy (non-hydrogen) atoms. The Bertz CT molecular complexity index is 551. The van der Waals surface area contributed by atoms with Gasteiger partial charge in [-0.1, -0.05) is 12.1 Å². The van der Waals surface area contributed by atoms with Gasteiger partial charge in [0.15, 0.2) is 5.82 Å². The minimum Gasteiger partial charge on any atom is -0.369 e. The molecule has 2 heterocycles. The van der Waals surface area contributed by atoms with Gasteiger partial charge in [-0.25, -0.2) is 9.97 Å². The summed E-state index contributed by atoms with van der Waals surface area (Å²) in [5, 5.41) is 9.07. The minimum absolute atomic E-state index is 0.0393. The molecule has 0 atom stereocenters. The summed E-state index contributed by atoms with van der Waals surface area (Å²) in [5.41, 5.74) is 0.179. The summed E-state index contributed by atoms with van der Waals surface area (Å²) in [6, 6.07) is 0.0393. The van der Waals surface area contributed by atoms with Crippen LogP contribution in [0.1, 0.15) is 29.7 Å². The van der Waals surface area contributed by atoms with Crippen molar-refractivity contribution in [1.82, 2.24) is 20.1 Å². The van der Waals surface area contributed by atoms with Crippen molar-refractivity contribution in [2.24, 2.45) is 0 Å². The monoisotopic (exact) mass is 262 g/mol. The van der Waals surface area contributed by atoms with Crippen LogP contribution in [0, 0.1) is 6.92 Å². The van der Waals surface area contributed by atoms with Crippen molar-refractivity contribution >= 4 is 17.7 Å². The van der Waals surface area contributed by atoms with E-state index >= 15 is 0 Å². The molecule has 0 fully saturated rings. The standard InChI is InChI=1S/C11H14N6O2/c1-3-4-12-9-6-13-8(5-14-9)10(18)16-11-15-7(2)17-19-11/h5-6H,3-4H2,1-2H3,(H,12,14)(H,15,16,17,18). The molecule has 2 aromatic rings. The van der Waals surface area contributed by atoms with E-state index in [2.05, 4.69) is 37.7 Å². The first-order valence-corrected chi connectivity index (χ1v) is 5.86. The molecule has 100 valence electrons. The normalized spacial score (nSPS) is 10.2. The molecule has 0 unspecified atom stereocenters. The van der Waals surface area contributed by atoms with Crippen molar-refractivity contribution < 1.29 is 9.32 Å². The van der Waals surface area contributed by atoms with E-state index in [-0.39, 0.29) is 11.7 Å². The molecule has 2 aromatic heterocycles. The molecule has 0 radical (unpaired) electrons. The zero-order valence-corrected chi connectivity index (χ0v) is 10.7. The van der Waals surface area contributed by atoms with Crippen LogP contribution < -0.4 is 10.6 Å². The van der Waals surface area contributed by atoms with E-state index in [0.717, 1.165) is 13.0 Å². The molecule has 2 rings (SSSR count). The second-order valence-corrected chi connectivity index (χ2v) is 3.81. The van der Waals surface area contributed by atoms with Gasteiger partial charge >= 0.3 is 6.01 Å². The fraction of sp³-hybridized carbons (Fsp3) is 0.364. The molecule has 0 aliphatic rings. The minimum atomic E-state index is -0.446. The lowest BCUT2D eigenvalue weighted by molar-refractivity contribution is 0.101. The second-order valence-electron chi connectivity index (χ2n) is 3.81. The molecule has 0 saturated carbocycles. The van der Waals surface area contributed by atoms with Crippen LogP contribution in [0.3, 0.4) is 0 Å². The van der Waals surface area contributed by atoms with Crippen molar-refractivity contribution in [1.29, 1.82) is 0 Å². The van der Waals surface area contributed by atoms with Crippen LogP contribution in [0.25, 0.3) is 0 Å². The predicted molar refractivity (Wildman–Crippen MR) is 67.8 cm³/mol.